The minimum atomic E-state index is -0.910. The molecule has 4 rings (SSSR count). The van der Waals surface area contributed by atoms with Gasteiger partial charge in [-0.1, -0.05) is 25.7 Å². The molecular weight excluding hydrogens is 424 g/mol. The number of carbonyl (C=O) groups is 2. The smallest absolute Gasteiger partial charge is 0.251 e. The molecule has 2 aliphatic heterocycles. The summed E-state index contributed by atoms with van der Waals surface area (Å²) >= 11 is 0. The van der Waals surface area contributed by atoms with E-state index in [1.807, 2.05) is 0 Å². The first-order chi connectivity index (χ1) is 15.8. The van der Waals surface area contributed by atoms with Crippen molar-refractivity contribution in [2.45, 2.75) is 83.1 Å². The number of ether oxygens (including phenoxy) is 2. The van der Waals surface area contributed by atoms with E-state index in [1.54, 1.807) is 35.7 Å². The highest BCUT2D eigenvalue weighted by molar-refractivity contribution is 5.99. The summed E-state index contributed by atoms with van der Waals surface area (Å²) < 4.78 is 13.1. The highest BCUT2D eigenvalue weighted by atomic mass is 16.5. The Bertz CT molecular complexity index is 862. The molecule has 0 unspecified atom stereocenters. The van der Waals surface area contributed by atoms with Crippen LogP contribution in [-0.2, 0) is 25.6 Å². The Morgan fingerprint density at radius 3 is 2.73 bits per heavy atom. The third-order valence-corrected chi connectivity index (χ3v) is 6.53. The molecule has 0 bridgehead atoms. The predicted molar refractivity (Wildman–Crippen MR) is 122 cm³/mol. The monoisotopic (exact) mass is 460 g/mol. The van der Waals surface area contributed by atoms with Crippen molar-refractivity contribution in [3.63, 3.8) is 0 Å². The van der Waals surface area contributed by atoms with E-state index in [-0.39, 0.29) is 17.9 Å². The van der Waals surface area contributed by atoms with Gasteiger partial charge >= 0.3 is 0 Å². The normalized spacial score (nSPS) is 21.4. The van der Waals surface area contributed by atoms with Crippen molar-refractivity contribution in [2.24, 2.45) is 5.92 Å². The Balaban J connectivity index is 1.42. The third-order valence-electron chi connectivity index (χ3n) is 6.53. The minimum absolute atomic E-state index is 0.0552. The van der Waals surface area contributed by atoms with E-state index in [4.69, 9.17) is 9.47 Å². The topological polar surface area (TPSA) is 106 Å². The number of carbonyl (C=O) groups excluding carboxylic acids is 2. The Labute approximate surface area is 195 Å². The largest absolute Gasteiger partial charge is 0.492 e. The lowest BCUT2D eigenvalue weighted by Gasteiger charge is -2.30. The average molecular weight is 461 g/mol. The molecule has 2 N–H and O–H groups in total. The summed E-state index contributed by atoms with van der Waals surface area (Å²) in [4.78, 5) is 27.9. The van der Waals surface area contributed by atoms with E-state index in [2.05, 4.69) is 10.4 Å². The number of rotatable bonds is 9. The van der Waals surface area contributed by atoms with Gasteiger partial charge in [0, 0.05) is 31.2 Å². The van der Waals surface area contributed by atoms with Gasteiger partial charge in [0.1, 0.15) is 17.9 Å². The lowest BCUT2D eigenvalue weighted by molar-refractivity contribution is -0.134. The van der Waals surface area contributed by atoms with Gasteiger partial charge in [-0.2, -0.15) is 5.10 Å². The van der Waals surface area contributed by atoms with Crippen molar-refractivity contribution in [3.05, 3.63) is 24.1 Å². The molecule has 1 saturated heterocycles. The molecule has 1 saturated carbocycles. The van der Waals surface area contributed by atoms with Crippen LogP contribution in [0.5, 0.6) is 0 Å². The molecule has 182 valence electrons. The fourth-order valence-electron chi connectivity index (χ4n) is 4.92. The zero-order chi connectivity index (χ0) is 23.4. The number of hydrogen-bond donors (Lipinski definition) is 2. The maximum Gasteiger partial charge on any atom is 0.251 e. The van der Waals surface area contributed by atoms with Crippen LogP contribution in [0.4, 0.5) is 5.82 Å². The van der Waals surface area contributed by atoms with Crippen LogP contribution in [0.1, 0.15) is 58.8 Å². The van der Waals surface area contributed by atoms with Crippen LogP contribution in [-0.4, -0.2) is 69.1 Å². The van der Waals surface area contributed by atoms with Crippen LogP contribution in [0.15, 0.2) is 24.1 Å². The highest BCUT2D eigenvalue weighted by Crippen LogP contribution is 2.32. The number of nitrogens with zero attached hydrogens (tertiary/aromatic N) is 3. The summed E-state index contributed by atoms with van der Waals surface area (Å²) in [6, 6.07) is 1.13. The van der Waals surface area contributed by atoms with Crippen LogP contribution >= 0.6 is 0 Å². The summed E-state index contributed by atoms with van der Waals surface area (Å²) in [5, 5.41) is 17.3. The predicted octanol–water partition coefficient (Wildman–Crippen LogP) is 2.46. The van der Waals surface area contributed by atoms with Crippen molar-refractivity contribution in [3.8, 4) is 0 Å². The van der Waals surface area contributed by atoms with Crippen LogP contribution in [0.2, 0.25) is 0 Å². The number of aliphatic hydroxyl groups is 1. The first kappa shape index (κ1) is 23.8. The molecule has 3 aliphatic rings. The standard InChI is InChI=1S/C24H36N4O5/c1-24(2,31)16-27-10-7-21(26-27)25-23(30)20(13-17-5-3-4-6-17)28-15-19(14-22(28)29)33-18-8-11-32-12-9-18/h7,10,14,17-18,20,31H,3-6,8-9,11-13,15-16H2,1-2H3,(H,25,26,30)/t20-/m0/s1. The number of amides is 2. The summed E-state index contributed by atoms with van der Waals surface area (Å²) in [7, 11) is 0. The van der Waals surface area contributed by atoms with Gasteiger partial charge in [-0.15, -0.1) is 0 Å². The Morgan fingerprint density at radius 2 is 2.03 bits per heavy atom. The van der Waals surface area contributed by atoms with Crippen molar-refractivity contribution in [1.29, 1.82) is 0 Å². The zero-order valence-corrected chi connectivity index (χ0v) is 19.7. The third kappa shape index (κ3) is 6.57. The second-order valence-electron chi connectivity index (χ2n) is 10.1. The molecule has 2 fully saturated rings. The van der Waals surface area contributed by atoms with Crippen molar-refractivity contribution >= 4 is 17.6 Å². The van der Waals surface area contributed by atoms with Crippen molar-refractivity contribution in [1.82, 2.24) is 14.7 Å². The van der Waals surface area contributed by atoms with Gasteiger partial charge in [0.2, 0.25) is 5.91 Å². The second kappa shape index (κ2) is 10.3. The van der Waals surface area contributed by atoms with Gasteiger partial charge in [0.15, 0.2) is 5.82 Å². The molecule has 33 heavy (non-hydrogen) atoms. The number of aromatic nitrogens is 2. The highest BCUT2D eigenvalue weighted by Gasteiger charge is 2.37. The van der Waals surface area contributed by atoms with Gasteiger partial charge in [-0.25, -0.2) is 0 Å². The van der Waals surface area contributed by atoms with Crippen molar-refractivity contribution < 1.29 is 24.2 Å². The molecular formula is C24H36N4O5. The Morgan fingerprint density at radius 1 is 1.30 bits per heavy atom. The van der Waals surface area contributed by atoms with Crippen molar-refractivity contribution in [2.75, 3.05) is 25.1 Å². The van der Waals surface area contributed by atoms with Gasteiger partial charge in [0.25, 0.3) is 5.91 Å². The van der Waals surface area contributed by atoms with Gasteiger partial charge in [-0.3, -0.25) is 14.3 Å². The summed E-state index contributed by atoms with van der Waals surface area (Å²) in [5.41, 5.74) is -0.910. The molecule has 1 aromatic rings. The Kier molecular flexibility index (Phi) is 7.38. The fraction of sp³-hybridized carbons (Fsp3) is 0.708. The quantitative estimate of drug-likeness (QED) is 0.586. The van der Waals surface area contributed by atoms with Crippen LogP contribution in [0, 0.1) is 5.92 Å². The molecule has 2 amide bonds. The fourth-order valence-corrected chi connectivity index (χ4v) is 4.92. The lowest BCUT2D eigenvalue weighted by atomic mass is 9.96. The van der Waals surface area contributed by atoms with E-state index >= 15 is 0 Å². The van der Waals surface area contributed by atoms with E-state index in [1.165, 1.54) is 18.9 Å². The number of anilines is 1. The number of hydrogen-bond acceptors (Lipinski definition) is 6. The maximum atomic E-state index is 13.3. The Hall–Kier alpha value is -2.39. The molecule has 0 radical (unpaired) electrons. The van der Waals surface area contributed by atoms with E-state index in [0.717, 1.165) is 25.7 Å². The average Bonchev–Trinajstić information content (AvgIpc) is 3.48. The lowest BCUT2D eigenvalue weighted by Crippen LogP contribution is -2.46. The summed E-state index contributed by atoms with van der Waals surface area (Å²) in [6.45, 7) is 5.38. The SMILES string of the molecule is CC(C)(O)Cn1ccc(NC(=O)[C@H](CC2CCCC2)N2CC(OC3CCOCC3)=CC2=O)n1. The molecule has 3 heterocycles. The second-order valence-corrected chi connectivity index (χ2v) is 10.1. The molecule has 1 atom stereocenters. The van der Waals surface area contributed by atoms with Gasteiger partial charge in [-0.05, 0) is 26.2 Å². The molecule has 1 aliphatic carbocycles. The van der Waals surface area contributed by atoms with E-state index in [9.17, 15) is 14.7 Å². The van der Waals surface area contributed by atoms with E-state index < -0.39 is 11.6 Å². The maximum absolute atomic E-state index is 13.3. The molecule has 0 aromatic carbocycles. The summed E-state index contributed by atoms with van der Waals surface area (Å²) in [6.07, 6.45) is 10.1. The number of nitrogens with one attached hydrogen (secondary N) is 1. The first-order valence-corrected chi connectivity index (χ1v) is 12.1. The molecule has 9 nitrogen and oxygen atoms in total. The van der Waals surface area contributed by atoms with Gasteiger partial charge < -0.3 is 24.8 Å². The molecule has 1 aromatic heterocycles. The zero-order valence-electron chi connectivity index (χ0n) is 19.7. The van der Waals surface area contributed by atoms with Crippen LogP contribution in [0.3, 0.4) is 0 Å². The molecule has 0 spiro atoms. The van der Waals surface area contributed by atoms with E-state index in [0.29, 0.717) is 50.2 Å². The minimum Gasteiger partial charge on any atom is -0.492 e. The van der Waals surface area contributed by atoms with Gasteiger partial charge in [0.05, 0.1) is 31.9 Å². The molecule has 9 heteroatoms. The first-order valence-electron chi connectivity index (χ1n) is 12.1. The summed E-state index contributed by atoms with van der Waals surface area (Å²) in [5.74, 6) is 1.07. The van der Waals surface area contributed by atoms with Crippen LogP contribution in [0.25, 0.3) is 0 Å². The van der Waals surface area contributed by atoms with Crippen LogP contribution < -0.4 is 5.32 Å².